The quantitative estimate of drug-likeness (QED) is 0.0880. The summed E-state index contributed by atoms with van der Waals surface area (Å²) in [5.41, 5.74) is -8.11. The first-order valence-corrected chi connectivity index (χ1v) is 34.4. The summed E-state index contributed by atoms with van der Waals surface area (Å²) in [5.74, 6) is 6.23. The van der Waals surface area contributed by atoms with Gasteiger partial charge in [0, 0.05) is 45.0 Å². The Bertz CT molecular complexity index is 2570. The van der Waals surface area contributed by atoms with Gasteiger partial charge in [-0.05, 0) is 274 Å². The van der Waals surface area contributed by atoms with Crippen LogP contribution in [0.2, 0.25) is 0 Å². The lowest BCUT2D eigenvalue weighted by atomic mass is 10.1. The van der Waals surface area contributed by atoms with Gasteiger partial charge in [0.25, 0.3) is 0 Å². The van der Waals surface area contributed by atoms with Crippen LogP contribution < -0.4 is 77.6 Å². The van der Waals surface area contributed by atoms with Crippen molar-refractivity contribution in [3.63, 3.8) is 0 Å². The largest absolute Gasteiger partial charge is 0.488 e. The molecule has 4 aromatic rings. The van der Waals surface area contributed by atoms with Gasteiger partial charge >= 0.3 is 0 Å². The molecule has 0 aliphatic rings. The third kappa shape index (κ3) is 26.1. The van der Waals surface area contributed by atoms with E-state index in [0.717, 1.165) is 20.7 Å². The van der Waals surface area contributed by atoms with E-state index in [9.17, 15) is 0 Å². The zero-order valence-corrected chi connectivity index (χ0v) is 63.4. The van der Waals surface area contributed by atoms with Crippen LogP contribution in [0.5, 0.6) is 69.0 Å². The van der Waals surface area contributed by atoms with Gasteiger partial charge in [0.2, 0.25) is 18.1 Å². The van der Waals surface area contributed by atoms with Crippen molar-refractivity contribution in [2.75, 3.05) is 0 Å². The SMILES string of the molecule is CC(C)(C)Oc1cc(OC(C)(C)C)c([SiH](O[SiH](c2cc(OC(C)(C)C)c(OC(C)(C)C)cc2OC(C)(C)C)c2cc(OC(C)(C)C)c(OC(C)(C)C)cc2OC(C)(C)C)c2cc(OC(C)(C)C)c(OC(C)(C)C)cc2OC(C)(C)C)cc1OC(C)(C)C. The molecule has 13 nitrogen and oxygen atoms in total. The Kier molecular flexibility index (Phi) is 21.9. The molecular weight excluding hydrogens is 1130 g/mol. The number of hydrogen-bond donors (Lipinski definition) is 0. The smallest absolute Gasteiger partial charge is 0.236 e. The van der Waals surface area contributed by atoms with Crippen molar-refractivity contribution < 1.29 is 61.0 Å². The van der Waals surface area contributed by atoms with E-state index in [0.29, 0.717) is 69.0 Å². The van der Waals surface area contributed by atoms with Gasteiger partial charge in [0.1, 0.15) is 90.2 Å². The molecule has 0 atom stereocenters. The monoisotopic (exact) mass is 1250 g/mol. The van der Waals surface area contributed by atoms with E-state index in [2.05, 4.69) is 24.3 Å². The van der Waals surface area contributed by atoms with Gasteiger partial charge in [0.05, 0.1) is 0 Å². The number of benzene rings is 4. The molecule has 0 amide bonds. The van der Waals surface area contributed by atoms with Crippen molar-refractivity contribution in [1.29, 1.82) is 0 Å². The maximum atomic E-state index is 8.69. The maximum Gasteiger partial charge on any atom is 0.236 e. The summed E-state index contributed by atoms with van der Waals surface area (Å²) in [5, 5.41) is 2.95. The van der Waals surface area contributed by atoms with Crippen molar-refractivity contribution in [1.82, 2.24) is 0 Å². The predicted octanol–water partition coefficient (Wildman–Crippen LogP) is 16.2. The number of hydrogen-bond acceptors (Lipinski definition) is 13. The first-order chi connectivity index (χ1) is 38.5. The lowest BCUT2D eigenvalue weighted by Crippen LogP contribution is -2.57. The lowest BCUT2D eigenvalue weighted by Gasteiger charge is -2.36. The van der Waals surface area contributed by atoms with Crippen LogP contribution in [0.1, 0.15) is 249 Å². The van der Waals surface area contributed by atoms with E-state index in [1.165, 1.54) is 0 Å². The highest BCUT2D eigenvalue weighted by Crippen LogP contribution is 2.43. The molecule has 492 valence electrons. The molecule has 0 aliphatic carbocycles. The van der Waals surface area contributed by atoms with E-state index >= 15 is 0 Å². The van der Waals surface area contributed by atoms with Crippen molar-refractivity contribution in [2.24, 2.45) is 0 Å². The second kappa shape index (κ2) is 25.6. The summed E-state index contributed by atoms with van der Waals surface area (Å²) >= 11 is 0. The van der Waals surface area contributed by atoms with Crippen LogP contribution >= 0.6 is 0 Å². The molecule has 0 saturated carbocycles. The Morgan fingerprint density at radius 3 is 0.379 bits per heavy atom. The van der Waals surface area contributed by atoms with Gasteiger partial charge in [-0.15, -0.1) is 0 Å². The molecule has 0 spiro atoms. The first-order valence-electron chi connectivity index (χ1n) is 31.1. The third-order valence-corrected chi connectivity index (χ3v) is 16.9. The molecule has 0 saturated heterocycles. The number of ether oxygens (including phenoxy) is 12. The van der Waals surface area contributed by atoms with Crippen molar-refractivity contribution in [3.05, 3.63) is 48.5 Å². The second-order valence-corrected chi connectivity index (χ2v) is 39.9. The lowest BCUT2D eigenvalue weighted by molar-refractivity contribution is 0.0932. The van der Waals surface area contributed by atoms with Gasteiger partial charge in [-0.25, -0.2) is 0 Å². The fourth-order valence-electron chi connectivity index (χ4n) is 8.76. The van der Waals surface area contributed by atoms with Gasteiger partial charge in [-0.1, -0.05) is 0 Å². The topological polar surface area (TPSA) is 120 Å². The molecule has 0 aromatic heterocycles. The van der Waals surface area contributed by atoms with E-state index in [-0.39, 0.29) is 0 Å². The van der Waals surface area contributed by atoms with Gasteiger partial charge in [-0.3, -0.25) is 0 Å². The zero-order valence-electron chi connectivity index (χ0n) is 61.1. The van der Waals surface area contributed by atoms with Crippen LogP contribution in [0, 0.1) is 0 Å². The highest BCUT2D eigenvalue weighted by Gasteiger charge is 2.41. The molecule has 0 unspecified atom stereocenters. The minimum Gasteiger partial charge on any atom is -0.488 e. The van der Waals surface area contributed by atoms with E-state index in [1.54, 1.807) is 0 Å². The predicted molar refractivity (Wildman–Crippen MR) is 364 cm³/mol. The molecule has 4 aromatic carbocycles. The van der Waals surface area contributed by atoms with E-state index < -0.39 is 85.3 Å². The third-order valence-electron chi connectivity index (χ3n) is 10.7. The minimum absolute atomic E-state index is 0.507. The minimum atomic E-state index is -3.52. The average molecular weight is 1250 g/mol. The van der Waals surface area contributed by atoms with Crippen LogP contribution in [-0.4, -0.2) is 85.3 Å². The van der Waals surface area contributed by atoms with Crippen molar-refractivity contribution in [3.8, 4) is 69.0 Å². The van der Waals surface area contributed by atoms with Crippen LogP contribution in [0.4, 0.5) is 0 Å². The molecule has 15 heteroatoms. The molecule has 0 aliphatic heterocycles. The Morgan fingerprint density at radius 2 is 0.264 bits per heavy atom. The summed E-state index contributed by atoms with van der Waals surface area (Å²) in [6.07, 6.45) is 0. The highest BCUT2D eigenvalue weighted by molar-refractivity contribution is 6.93. The van der Waals surface area contributed by atoms with E-state index in [1.807, 2.05) is 274 Å². The summed E-state index contributed by atoms with van der Waals surface area (Å²) in [4.78, 5) is 0. The molecule has 4 rings (SSSR count). The average Bonchev–Trinajstić information content (AvgIpc) is 0.943. The molecule has 0 radical (unpaired) electrons. The fraction of sp³-hybridized carbons (Fsp3) is 0.667. The summed E-state index contributed by atoms with van der Waals surface area (Å²) in [6.45, 7) is 73.2. The Hall–Kier alpha value is -5.13. The van der Waals surface area contributed by atoms with Crippen molar-refractivity contribution in [2.45, 2.75) is 316 Å². The van der Waals surface area contributed by atoms with Gasteiger partial charge in [-0.2, -0.15) is 0 Å². The zero-order chi connectivity index (χ0) is 67.2. The summed E-state index contributed by atoms with van der Waals surface area (Å²) < 4.78 is 93.4. The van der Waals surface area contributed by atoms with Crippen LogP contribution in [0.3, 0.4) is 0 Å². The Labute approximate surface area is 531 Å². The molecular formula is C72H118O13Si2. The highest BCUT2D eigenvalue weighted by atomic mass is 28.4. The summed E-state index contributed by atoms with van der Waals surface area (Å²) in [6, 6.07) is 16.1. The first kappa shape index (κ1) is 74.3. The van der Waals surface area contributed by atoms with Crippen molar-refractivity contribution >= 4 is 38.8 Å². The fourth-order valence-corrected chi connectivity index (χ4v) is 15.7. The second-order valence-electron chi connectivity index (χ2n) is 34.8. The van der Waals surface area contributed by atoms with Gasteiger partial charge in [0.15, 0.2) is 46.0 Å². The molecule has 0 heterocycles. The normalized spacial score (nSPS) is 13.8. The number of rotatable bonds is 18. The Morgan fingerprint density at radius 1 is 0.161 bits per heavy atom. The Balaban J connectivity index is 2.65. The van der Waals surface area contributed by atoms with Crippen LogP contribution in [0.15, 0.2) is 48.5 Å². The molecule has 0 bridgehead atoms. The van der Waals surface area contributed by atoms with Gasteiger partial charge < -0.3 is 61.0 Å². The maximum absolute atomic E-state index is 8.69. The molecule has 87 heavy (non-hydrogen) atoms. The van der Waals surface area contributed by atoms with Crippen LogP contribution in [0.25, 0.3) is 0 Å². The van der Waals surface area contributed by atoms with E-state index in [4.69, 9.17) is 61.0 Å². The molecule has 0 N–H and O–H groups in total. The van der Waals surface area contributed by atoms with Crippen LogP contribution in [-0.2, 0) is 4.12 Å². The molecule has 0 fully saturated rings. The summed E-state index contributed by atoms with van der Waals surface area (Å²) in [7, 11) is -7.03. The standard InChI is InChI=1S/C72H118O13Si2/c1-61(2,3)73-45-37-53(81-69(25,26)27)57(41-49(45)77-65(13,14)15)86(58-42-50(78-66(16,17)18)46(74-62(4,5)6)38-54(58)82-70(28,29)30)85-87(59-43-51(79-67(19,20)21)47(75-63(7,8)9)39-55(59)83-71(31,32)33)60-44-52(80-68(22,23)24)48(76-64(10,11)12)40-56(60)84-72(34,35)36/h37-44,86-87H,1-36H3.